The lowest BCUT2D eigenvalue weighted by molar-refractivity contribution is -0.120. The molecule has 0 unspecified atom stereocenters. The number of hydrogen-bond acceptors (Lipinski definition) is 3. The lowest BCUT2D eigenvalue weighted by atomic mass is 9.90. The molecule has 0 spiro atoms. The Morgan fingerprint density at radius 3 is 2.93 bits per heavy atom. The topological polar surface area (TPSA) is 31.4 Å². The summed E-state index contributed by atoms with van der Waals surface area (Å²) < 4.78 is 10.8. The monoisotopic (exact) mass is 193 g/mol. The minimum absolute atomic E-state index is 0.186. The Morgan fingerprint density at radius 2 is 2.36 bits per heavy atom. The molecule has 0 aromatic carbocycles. The van der Waals surface area contributed by atoms with Gasteiger partial charge in [-0.05, 0) is 18.6 Å². The van der Waals surface area contributed by atoms with Gasteiger partial charge in [0.25, 0.3) is 0 Å². The highest BCUT2D eigenvalue weighted by Crippen LogP contribution is 2.27. The minimum Gasteiger partial charge on any atom is -0.477 e. The van der Waals surface area contributed by atoms with E-state index in [1.165, 1.54) is 5.56 Å². The largest absolute Gasteiger partial charge is 0.477 e. The van der Waals surface area contributed by atoms with Crippen molar-refractivity contribution < 1.29 is 9.47 Å². The summed E-state index contributed by atoms with van der Waals surface area (Å²) in [7, 11) is 0. The summed E-state index contributed by atoms with van der Waals surface area (Å²) in [6.07, 6.45) is 1.77. The van der Waals surface area contributed by atoms with Gasteiger partial charge in [0.2, 0.25) is 5.88 Å². The van der Waals surface area contributed by atoms with Crippen LogP contribution in [0.1, 0.15) is 12.5 Å². The Morgan fingerprint density at radius 1 is 1.57 bits per heavy atom. The molecule has 1 aliphatic heterocycles. The zero-order valence-electron chi connectivity index (χ0n) is 8.62. The highest BCUT2D eigenvalue weighted by Gasteiger charge is 2.34. The summed E-state index contributed by atoms with van der Waals surface area (Å²) in [6, 6.07) is 3.91. The van der Waals surface area contributed by atoms with Crippen molar-refractivity contribution in [2.24, 2.45) is 5.41 Å². The third kappa shape index (κ3) is 2.04. The van der Waals surface area contributed by atoms with E-state index in [0.717, 1.165) is 13.2 Å². The van der Waals surface area contributed by atoms with Gasteiger partial charge < -0.3 is 9.47 Å². The van der Waals surface area contributed by atoms with Crippen LogP contribution in [0.3, 0.4) is 0 Å². The van der Waals surface area contributed by atoms with Gasteiger partial charge in [-0.1, -0.05) is 6.92 Å². The maximum absolute atomic E-state index is 5.60. The number of pyridine rings is 1. The molecule has 2 heterocycles. The van der Waals surface area contributed by atoms with Gasteiger partial charge in [0.15, 0.2) is 0 Å². The van der Waals surface area contributed by atoms with Crippen LogP contribution in [-0.2, 0) is 4.74 Å². The SMILES string of the molecule is Cc1ccnc(OCC2(C)COC2)c1. The second-order valence-corrected chi connectivity index (χ2v) is 4.26. The van der Waals surface area contributed by atoms with E-state index in [0.29, 0.717) is 12.5 Å². The third-order valence-corrected chi connectivity index (χ3v) is 2.36. The Hall–Kier alpha value is -1.09. The average molecular weight is 193 g/mol. The zero-order valence-corrected chi connectivity index (χ0v) is 8.62. The smallest absolute Gasteiger partial charge is 0.213 e. The molecule has 14 heavy (non-hydrogen) atoms. The van der Waals surface area contributed by atoms with Crippen molar-refractivity contribution in [3.8, 4) is 5.88 Å². The molecule has 0 bridgehead atoms. The van der Waals surface area contributed by atoms with Crippen molar-refractivity contribution in [3.05, 3.63) is 23.9 Å². The fourth-order valence-corrected chi connectivity index (χ4v) is 1.37. The van der Waals surface area contributed by atoms with E-state index >= 15 is 0 Å². The molecule has 0 N–H and O–H groups in total. The lowest BCUT2D eigenvalue weighted by Crippen LogP contribution is -2.44. The summed E-state index contributed by atoms with van der Waals surface area (Å²) >= 11 is 0. The van der Waals surface area contributed by atoms with Gasteiger partial charge in [-0.25, -0.2) is 4.98 Å². The summed E-state index contributed by atoms with van der Waals surface area (Å²) in [4.78, 5) is 4.14. The molecule has 3 heteroatoms. The van der Waals surface area contributed by atoms with Crippen molar-refractivity contribution in [2.45, 2.75) is 13.8 Å². The van der Waals surface area contributed by atoms with Crippen molar-refractivity contribution in [1.82, 2.24) is 4.98 Å². The molecule has 76 valence electrons. The van der Waals surface area contributed by atoms with E-state index < -0.39 is 0 Å². The van der Waals surface area contributed by atoms with Crippen LogP contribution < -0.4 is 4.74 Å². The van der Waals surface area contributed by atoms with E-state index in [1.807, 2.05) is 19.1 Å². The molecule has 1 aromatic heterocycles. The Kier molecular flexibility index (Phi) is 2.42. The number of nitrogens with zero attached hydrogens (tertiary/aromatic N) is 1. The summed E-state index contributed by atoms with van der Waals surface area (Å²) in [5.41, 5.74) is 1.36. The molecule has 1 aromatic rings. The van der Waals surface area contributed by atoms with Gasteiger partial charge in [0.1, 0.15) is 0 Å². The molecule has 0 radical (unpaired) electrons. The van der Waals surface area contributed by atoms with Gasteiger partial charge >= 0.3 is 0 Å². The zero-order chi connectivity index (χ0) is 10.0. The van der Waals surface area contributed by atoms with Crippen LogP contribution in [-0.4, -0.2) is 24.8 Å². The fraction of sp³-hybridized carbons (Fsp3) is 0.545. The minimum atomic E-state index is 0.186. The van der Waals surface area contributed by atoms with Crippen molar-refractivity contribution in [3.63, 3.8) is 0 Å². The highest BCUT2D eigenvalue weighted by atomic mass is 16.5. The summed E-state index contributed by atoms with van der Waals surface area (Å²) in [6.45, 7) is 6.45. The normalized spacial score (nSPS) is 18.7. The van der Waals surface area contributed by atoms with Crippen LogP contribution >= 0.6 is 0 Å². The average Bonchev–Trinajstić information content (AvgIpc) is 2.12. The van der Waals surface area contributed by atoms with Crippen molar-refractivity contribution in [2.75, 3.05) is 19.8 Å². The summed E-state index contributed by atoms with van der Waals surface area (Å²) in [5, 5.41) is 0. The van der Waals surface area contributed by atoms with Crippen LogP contribution in [0.25, 0.3) is 0 Å². The first-order valence-electron chi connectivity index (χ1n) is 4.81. The van der Waals surface area contributed by atoms with Crippen LogP contribution in [0.4, 0.5) is 0 Å². The Labute approximate surface area is 84.1 Å². The maximum atomic E-state index is 5.60. The first kappa shape index (κ1) is 9.46. The van der Waals surface area contributed by atoms with Crippen LogP contribution in [0.2, 0.25) is 0 Å². The van der Waals surface area contributed by atoms with E-state index in [1.54, 1.807) is 6.20 Å². The van der Waals surface area contributed by atoms with Crippen molar-refractivity contribution >= 4 is 0 Å². The molecular weight excluding hydrogens is 178 g/mol. The number of aromatic nitrogens is 1. The number of rotatable bonds is 3. The molecule has 2 rings (SSSR count). The Balaban J connectivity index is 1.91. The van der Waals surface area contributed by atoms with Crippen LogP contribution in [0.15, 0.2) is 18.3 Å². The molecular formula is C11H15NO2. The van der Waals surface area contributed by atoms with Gasteiger partial charge in [-0.2, -0.15) is 0 Å². The number of aryl methyl sites for hydroxylation is 1. The molecule has 1 fully saturated rings. The second-order valence-electron chi connectivity index (χ2n) is 4.26. The van der Waals surface area contributed by atoms with Crippen molar-refractivity contribution in [1.29, 1.82) is 0 Å². The van der Waals surface area contributed by atoms with Crippen LogP contribution in [0.5, 0.6) is 5.88 Å². The summed E-state index contributed by atoms with van der Waals surface area (Å²) in [5.74, 6) is 0.707. The first-order chi connectivity index (χ1) is 6.68. The van der Waals surface area contributed by atoms with Gasteiger partial charge in [-0.3, -0.25) is 0 Å². The Bertz CT molecular complexity index is 321. The van der Waals surface area contributed by atoms with Gasteiger partial charge in [0.05, 0.1) is 19.8 Å². The van der Waals surface area contributed by atoms with Gasteiger partial charge in [-0.15, -0.1) is 0 Å². The standard InChI is InChI=1S/C11H15NO2/c1-9-3-4-12-10(5-9)14-8-11(2)6-13-7-11/h3-5H,6-8H2,1-2H3. The van der Waals surface area contributed by atoms with E-state index in [2.05, 4.69) is 11.9 Å². The highest BCUT2D eigenvalue weighted by molar-refractivity contribution is 5.18. The van der Waals surface area contributed by atoms with E-state index in [9.17, 15) is 0 Å². The van der Waals surface area contributed by atoms with Crippen LogP contribution in [0, 0.1) is 12.3 Å². The second kappa shape index (κ2) is 3.58. The fourth-order valence-electron chi connectivity index (χ4n) is 1.37. The third-order valence-electron chi connectivity index (χ3n) is 2.36. The van der Waals surface area contributed by atoms with E-state index in [-0.39, 0.29) is 5.41 Å². The molecule has 3 nitrogen and oxygen atoms in total. The molecule has 1 aliphatic rings. The maximum Gasteiger partial charge on any atom is 0.213 e. The van der Waals surface area contributed by atoms with E-state index in [4.69, 9.17) is 9.47 Å². The predicted molar refractivity (Wildman–Crippen MR) is 53.4 cm³/mol. The quantitative estimate of drug-likeness (QED) is 0.733. The predicted octanol–water partition coefficient (Wildman–Crippen LogP) is 1.81. The molecule has 0 saturated carbocycles. The van der Waals surface area contributed by atoms with Gasteiger partial charge in [0, 0.05) is 17.7 Å². The lowest BCUT2D eigenvalue weighted by Gasteiger charge is -2.37. The molecule has 1 saturated heterocycles. The first-order valence-corrected chi connectivity index (χ1v) is 4.81. The molecule has 0 aliphatic carbocycles. The number of hydrogen-bond donors (Lipinski definition) is 0. The number of ether oxygens (including phenoxy) is 2. The molecule has 0 atom stereocenters. The molecule has 0 amide bonds.